The quantitative estimate of drug-likeness (QED) is 0.943. The van der Waals surface area contributed by atoms with E-state index in [4.69, 9.17) is 0 Å². The summed E-state index contributed by atoms with van der Waals surface area (Å²) in [6.45, 7) is 4.02. The fourth-order valence-corrected chi connectivity index (χ4v) is 3.06. The Morgan fingerprint density at radius 3 is 2.80 bits per heavy atom. The zero-order valence-corrected chi connectivity index (χ0v) is 12.1. The lowest BCUT2D eigenvalue weighted by molar-refractivity contribution is 0.103. The Morgan fingerprint density at radius 2 is 2.10 bits per heavy atom. The maximum atomic E-state index is 12.1. The maximum absolute atomic E-state index is 12.1. The van der Waals surface area contributed by atoms with Crippen molar-refractivity contribution in [3.8, 4) is 0 Å². The molecule has 1 saturated heterocycles. The molecular weight excluding hydrogens is 272 g/mol. The van der Waals surface area contributed by atoms with Gasteiger partial charge in [-0.3, -0.25) is 4.79 Å². The molecule has 2 aromatic heterocycles. The van der Waals surface area contributed by atoms with Gasteiger partial charge in [0.25, 0.3) is 5.91 Å². The molecule has 0 bridgehead atoms. The summed E-state index contributed by atoms with van der Waals surface area (Å²) in [6.07, 6.45) is 3.89. The van der Waals surface area contributed by atoms with Gasteiger partial charge in [-0.05, 0) is 36.8 Å². The molecule has 0 spiro atoms. The molecule has 104 valence electrons. The van der Waals surface area contributed by atoms with E-state index in [1.807, 2.05) is 24.4 Å². The molecule has 0 aliphatic carbocycles. The Bertz CT molecular complexity index is 619. The van der Waals surface area contributed by atoms with Crippen molar-refractivity contribution in [3.05, 3.63) is 34.3 Å². The Kier molecular flexibility index (Phi) is 3.64. The maximum Gasteiger partial charge on any atom is 0.266 e. The third-order valence-corrected chi connectivity index (χ3v) is 4.33. The minimum atomic E-state index is -0.117. The normalized spacial score (nSPS) is 14.6. The van der Waals surface area contributed by atoms with E-state index in [1.165, 1.54) is 30.5 Å². The first kappa shape index (κ1) is 13.1. The summed E-state index contributed by atoms with van der Waals surface area (Å²) in [5, 5.41) is 4.79. The highest BCUT2D eigenvalue weighted by Crippen LogP contribution is 2.20. The molecule has 1 amide bonds. The van der Waals surface area contributed by atoms with E-state index in [2.05, 4.69) is 20.2 Å². The molecule has 3 rings (SSSR count). The van der Waals surface area contributed by atoms with Gasteiger partial charge in [-0.25, -0.2) is 9.97 Å². The van der Waals surface area contributed by atoms with Crippen LogP contribution in [-0.4, -0.2) is 29.0 Å². The number of thiophene rings is 1. The predicted molar refractivity (Wildman–Crippen MR) is 80.5 cm³/mol. The van der Waals surface area contributed by atoms with Crippen molar-refractivity contribution in [2.75, 3.05) is 23.3 Å². The molecule has 0 atom stereocenters. The van der Waals surface area contributed by atoms with Crippen LogP contribution in [0.5, 0.6) is 0 Å². The Balaban J connectivity index is 1.74. The second-order valence-corrected chi connectivity index (χ2v) is 5.81. The third kappa shape index (κ3) is 2.80. The largest absolute Gasteiger partial charge is 0.356 e. The molecule has 5 nitrogen and oxygen atoms in total. The topological polar surface area (TPSA) is 58.1 Å². The van der Waals surface area contributed by atoms with Crippen LogP contribution in [0, 0.1) is 6.92 Å². The lowest BCUT2D eigenvalue weighted by Gasteiger charge is -2.16. The van der Waals surface area contributed by atoms with E-state index in [0.29, 0.717) is 10.7 Å². The van der Waals surface area contributed by atoms with Crippen molar-refractivity contribution >= 4 is 28.9 Å². The van der Waals surface area contributed by atoms with Crippen molar-refractivity contribution in [2.24, 2.45) is 0 Å². The van der Waals surface area contributed by atoms with Crippen molar-refractivity contribution < 1.29 is 4.79 Å². The summed E-state index contributed by atoms with van der Waals surface area (Å²) < 4.78 is 0. The first-order valence-corrected chi connectivity index (χ1v) is 7.54. The van der Waals surface area contributed by atoms with Crippen LogP contribution < -0.4 is 10.2 Å². The first-order chi connectivity index (χ1) is 9.72. The fourth-order valence-electron chi connectivity index (χ4n) is 2.26. The van der Waals surface area contributed by atoms with Gasteiger partial charge in [0.15, 0.2) is 0 Å². The van der Waals surface area contributed by atoms with Crippen molar-refractivity contribution in [3.63, 3.8) is 0 Å². The molecule has 1 N–H and O–H groups in total. The fraction of sp³-hybridized carbons (Fsp3) is 0.357. The van der Waals surface area contributed by atoms with E-state index < -0.39 is 0 Å². The van der Waals surface area contributed by atoms with Crippen LogP contribution in [0.1, 0.15) is 28.1 Å². The number of carbonyl (C=O) groups excluding carboxylic acids is 1. The minimum absolute atomic E-state index is 0.117. The van der Waals surface area contributed by atoms with Gasteiger partial charge in [-0.2, -0.15) is 0 Å². The standard InChI is InChI=1S/C14H16N4OS/c1-10-6-11(20-8-10)14(19)17-12-7-13(16-9-15-12)18-4-2-3-5-18/h6-9H,2-5H2,1H3,(H,15,16,17,19). The highest BCUT2D eigenvalue weighted by Gasteiger charge is 2.15. The zero-order chi connectivity index (χ0) is 13.9. The molecule has 0 radical (unpaired) electrons. The highest BCUT2D eigenvalue weighted by atomic mass is 32.1. The average Bonchev–Trinajstić information content (AvgIpc) is 3.10. The second kappa shape index (κ2) is 5.58. The van der Waals surface area contributed by atoms with Crippen LogP contribution in [0.25, 0.3) is 0 Å². The van der Waals surface area contributed by atoms with Crippen LogP contribution in [0.2, 0.25) is 0 Å². The van der Waals surface area contributed by atoms with Gasteiger partial charge in [-0.15, -0.1) is 11.3 Å². The zero-order valence-electron chi connectivity index (χ0n) is 11.3. The van der Waals surface area contributed by atoms with Gasteiger partial charge in [-0.1, -0.05) is 0 Å². The smallest absolute Gasteiger partial charge is 0.266 e. The molecule has 3 heterocycles. The molecule has 2 aromatic rings. The molecule has 0 unspecified atom stereocenters. The van der Waals surface area contributed by atoms with Gasteiger partial charge in [0.05, 0.1) is 4.88 Å². The van der Waals surface area contributed by atoms with Crippen LogP contribution in [0.4, 0.5) is 11.6 Å². The Hall–Kier alpha value is -1.95. The summed E-state index contributed by atoms with van der Waals surface area (Å²) in [5.41, 5.74) is 1.10. The minimum Gasteiger partial charge on any atom is -0.356 e. The SMILES string of the molecule is Cc1csc(C(=O)Nc2cc(N3CCCC3)ncn2)c1. The molecule has 1 fully saturated rings. The summed E-state index contributed by atoms with van der Waals surface area (Å²) in [6, 6.07) is 3.71. The number of rotatable bonds is 3. The number of aromatic nitrogens is 2. The van der Waals surface area contributed by atoms with Crippen molar-refractivity contribution in [1.82, 2.24) is 9.97 Å². The third-order valence-electron chi connectivity index (χ3n) is 3.28. The molecule has 20 heavy (non-hydrogen) atoms. The van der Waals surface area contributed by atoms with Gasteiger partial charge in [0, 0.05) is 19.2 Å². The molecular formula is C14H16N4OS. The number of hydrogen-bond donors (Lipinski definition) is 1. The van der Waals surface area contributed by atoms with E-state index in [9.17, 15) is 4.79 Å². The van der Waals surface area contributed by atoms with Crippen LogP contribution in [0.3, 0.4) is 0 Å². The van der Waals surface area contributed by atoms with Crippen LogP contribution in [0.15, 0.2) is 23.8 Å². The van der Waals surface area contributed by atoms with Crippen molar-refractivity contribution in [1.29, 1.82) is 0 Å². The number of anilines is 2. The van der Waals surface area contributed by atoms with Gasteiger partial charge in [0.1, 0.15) is 18.0 Å². The highest BCUT2D eigenvalue weighted by molar-refractivity contribution is 7.12. The monoisotopic (exact) mass is 288 g/mol. The first-order valence-electron chi connectivity index (χ1n) is 6.66. The number of hydrogen-bond acceptors (Lipinski definition) is 5. The van der Waals surface area contributed by atoms with E-state index in [-0.39, 0.29) is 5.91 Å². The summed E-state index contributed by atoms with van der Waals surface area (Å²) in [4.78, 5) is 23.4. The lowest BCUT2D eigenvalue weighted by atomic mass is 10.3. The van der Waals surface area contributed by atoms with E-state index >= 15 is 0 Å². The summed E-state index contributed by atoms with van der Waals surface area (Å²) in [5.74, 6) is 1.32. The lowest BCUT2D eigenvalue weighted by Crippen LogP contribution is -2.20. The van der Waals surface area contributed by atoms with Gasteiger partial charge in [0.2, 0.25) is 0 Å². The van der Waals surface area contributed by atoms with Crippen molar-refractivity contribution in [2.45, 2.75) is 19.8 Å². The van der Waals surface area contributed by atoms with Crippen LogP contribution >= 0.6 is 11.3 Å². The molecule has 6 heteroatoms. The summed E-state index contributed by atoms with van der Waals surface area (Å²) in [7, 11) is 0. The van der Waals surface area contributed by atoms with Crippen LogP contribution in [-0.2, 0) is 0 Å². The average molecular weight is 288 g/mol. The number of nitrogens with one attached hydrogen (secondary N) is 1. The Labute approximate surface area is 121 Å². The Morgan fingerprint density at radius 1 is 1.30 bits per heavy atom. The van der Waals surface area contributed by atoms with E-state index in [0.717, 1.165) is 24.5 Å². The summed E-state index contributed by atoms with van der Waals surface area (Å²) >= 11 is 1.44. The molecule has 1 aliphatic rings. The van der Waals surface area contributed by atoms with Gasteiger partial charge >= 0.3 is 0 Å². The van der Waals surface area contributed by atoms with E-state index in [1.54, 1.807) is 0 Å². The molecule has 0 aromatic carbocycles. The number of carbonyl (C=O) groups is 1. The molecule has 0 saturated carbocycles. The number of nitrogens with zero attached hydrogens (tertiary/aromatic N) is 3. The predicted octanol–water partition coefficient (Wildman–Crippen LogP) is 2.70. The second-order valence-electron chi connectivity index (χ2n) is 4.90. The molecule has 1 aliphatic heterocycles. The number of aryl methyl sites for hydroxylation is 1. The van der Waals surface area contributed by atoms with Gasteiger partial charge < -0.3 is 10.2 Å². The number of amides is 1.